The Bertz CT molecular complexity index is 409. The molecule has 1 fully saturated rings. The first kappa shape index (κ1) is 13.1. The molecule has 1 N–H and O–H groups in total. The normalized spacial score (nSPS) is 15.1. The van der Waals surface area contributed by atoms with E-state index in [0.29, 0.717) is 18.6 Å². The molecule has 1 aromatic heterocycles. The number of carbonyl (C=O) groups excluding carboxylic acids is 1. The van der Waals surface area contributed by atoms with Crippen molar-refractivity contribution in [2.75, 3.05) is 7.05 Å². The van der Waals surface area contributed by atoms with Gasteiger partial charge in [-0.15, -0.1) is 0 Å². The quantitative estimate of drug-likeness (QED) is 0.819. The first-order valence-corrected chi connectivity index (χ1v) is 6.56. The molecule has 0 aromatic carbocycles. The highest BCUT2D eigenvalue weighted by Crippen LogP contribution is 2.25. The van der Waals surface area contributed by atoms with Crippen LogP contribution in [-0.4, -0.2) is 39.5 Å². The summed E-state index contributed by atoms with van der Waals surface area (Å²) in [5.41, 5.74) is 0.977. The molecule has 0 radical (unpaired) electrons. The smallest absolute Gasteiger partial charge is 0.242 e. The summed E-state index contributed by atoms with van der Waals surface area (Å²) in [5.74, 6) is 0.165. The number of hydrogen-bond donors (Lipinski definition) is 1. The fourth-order valence-electron chi connectivity index (χ4n) is 1.83. The van der Waals surface area contributed by atoms with E-state index in [2.05, 4.69) is 24.1 Å². The molecule has 0 aliphatic heterocycles. The van der Waals surface area contributed by atoms with Gasteiger partial charge in [-0.2, -0.15) is 0 Å². The minimum Gasteiger partial charge on any atom is -0.341 e. The molecule has 18 heavy (non-hydrogen) atoms. The lowest BCUT2D eigenvalue weighted by atomic mass is 10.3. The zero-order valence-corrected chi connectivity index (χ0v) is 11.4. The van der Waals surface area contributed by atoms with E-state index in [1.165, 1.54) is 0 Å². The van der Waals surface area contributed by atoms with Crippen LogP contribution in [0.4, 0.5) is 0 Å². The maximum atomic E-state index is 11.9. The fraction of sp³-hybridized carbons (Fsp3) is 0.692. The van der Waals surface area contributed by atoms with Gasteiger partial charge in [0.05, 0.1) is 12.0 Å². The second-order valence-corrected chi connectivity index (χ2v) is 5.31. The number of rotatable bonds is 6. The first-order chi connectivity index (χ1) is 8.56. The van der Waals surface area contributed by atoms with E-state index in [1.807, 2.05) is 22.7 Å². The number of nitrogens with zero attached hydrogens (tertiary/aromatic N) is 3. The van der Waals surface area contributed by atoms with Crippen LogP contribution >= 0.6 is 0 Å². The van der Waals surface area contributed by atoms with Crippen molar-refractivity contribution in [3.63, 3.8) is 0 Å². The van der Waals surface area contributed by atoms with Gasteiger partial charge in [0.2, 0.25) is 5.91 Å². The summed E-state index contributed by atoms with van der Waals surface area (Å²) < 4.78 is 1.86. The van der Waals surface area contributed by atoms with E-state index in [9.17, 15) is 4.79 Å². The van der Waals surface area contributed by atoms with Gasteiger partial charge < -0.3 is 14.8 Å². The Morgan fingerprint density at radius 1 is 1.61 bits per heavy atom. The van der Waals surface area contributed by atoms with Crippen molar-refractivity contribution in [3.8, 4) is 0 Å². The summed E-state index contributed by atoms with van der Waals surface area (Å²) in [6, 6.07) is 0.917. The summed E-state index contributed by atoms with van der Waals surface area (Å²) in [4.78, 5) is 18.1. The van der Waals surface area contributed by atoms with E-state index in [0.717, 1.165) is 25.1 Å². The second kappa shape index (κ2) is 5.52. The highest BCUT2D eigenvalue weighted by molar-refractivity contribution is 5.76. The number of hydrogen-bond acceptors (Lipinski definition) is 3. The van der Waals surface area contributed by atoms with Gasteiger partial charge >= 0.3 is 0 Å². The summed E-state index contributed by atoms with van der Waals surface area (Å²) in [6.45, 7) is 5.34. The lowest BCUT2D eigenvalue weighted by molar-refractivity contribution is -0.131. The molecule has 1 heterocycles. The van der Waals surface area contributed by atoms with Gasteiger partial charge in [0.1, 0.15) is 6.54 Å². The topological polar surface area (TPSA) is 50.2 Å². The van der Waals surface area contributed by atoms with Crippen LogP contribution in [0.2, 0.25) is 0 Å². The molecule has 0 unspecified atom stereocenters. The van der Waals surface area contributed by atoms with E-state index in [-0.39, 0.29) is 5.91 Å². The van der Waals surface area contributed by atoms with Crippen molar-refractivity contribution in [3.05, 3.63) is 18.2 Å². The van der Waals surface area contributed by atoms with Crippen molar-refractivity contribution < 1.29 is 4.79 Å². The Morgan fingerprint density at radius 3 is 2.94 bits per heavy atom. The number of imidazole rings is 1. The van der Waals surface area contributed by atoms with Crippen LogP contribution in [0.3, 0.4) is 0 Å². The molecule has 1 aromatic rings. The average Bonchev–Trinajstić information content (AvgIpc) is 3.07. The van der Waals surface area contributed by atoms with E-state index in [1.54, 1.807) is 6.33 Å². The van der Waals surface area contributed by atoms with Crippen molar-refractivity contribution in [1.82, 2.24) is 19.8 Å². The minimum absolute atomic E-state index is 0.165. The molecule has 1 amide bonds. The van der Waals surface area contributed by atoms with Crippen LogP contribution in [0.5, 0.6) is 0 Å². The third-order valence-corrected chi connectivity index (χ3v) is 3.18. The molecule has 0 saturated heterocycles. The molecule has 1 aliphatic rings. The number of likely N-dealkylation sites (N-methyl/N-ethyl adjacent to an activating group) is 1. The van der Waals surface area contributed by atoms with Crippen LogP contribution < -0.4 is 5.32 Å². The monoisotopic (exact) mass is 250 g/mol. The van der Waals surface area contributed by atoms with Crippen molar-refractivity contribution in [1.29, 1.82) is 0 Å². The van der Waals surface area contributed by atoms with Crippen LogP contribution in [0, 0.1) is 0 Å². The Labute approximate surface area is 108 Å². The number of amides is 1. The fourth-order valence-corrected chi connectivity index (χ4v) is 1.83. The molecular formula is C13H22N4O. The maximum absolute atomic E-state index is 11.9. The lowest BCUT2D eigenvalue weighted by Gasteiger charge is -2.16. The van der Waals surface area contributed by atoms with Crippen LogP contribution in [0.1, 0.15) is 32.4 Å². The van der Waals surface area contributed by atoms with Gasteiger partial charge in [0.25, 0.3) is 0 Å². The van der Waals surface area contributed by atoms with Gasteiger partial charge in [-0.1, -0.05) is 13.8 Å². The first-order valence-electron chi connectivity index (χ1n) is 6.56. The molecule has 5 heteroatoms. The molecule has 2 rings (SSSR count). The van der Waals surface area contributed by atoms with Crippen molar-refractivity contribution in [2.24, 2.45) is 0 Å². The van der Waals surface area contributed by atoms with Crippen LogP contribution in [0.15, 0.2) is 12.5 Å². The molecule has 0 bridgehead atoms. The number of nitrogens with one attached hydrogen (secondary N) is 1. The zero-order chi connectivity index (χ0) is 13.1. The highest BCUT2D eigenvalue weighted by atomic mass is 16.2. The van der Waals surface area contributed by atoms with E-state index < -0.39 is 0 Å². The molecular weight excluding hydrogens is 228 g/mol. The van der Waals surface area contributed by atoms with Gasteiger partial charge in [-0.25, -0.2) is 4.98 Å². The van der Waals surface area contributed by atoms with Crippen molar-refractivity contribution in [2.45, 2.75) is 51.9 Å². The summed E-state index contributed by atoms with van der Waals surface area (Å²) >= 11 is 0. The summed E-state index contributed by atoms with van der Waals surface area (Å²) in [6.07, 6.45) is 5.97. The van der Waals surface area contributed by atoms with E-state index >= 15 is 0 Å². The Balaban J connectivity index is 1.83. The number of aromatic nitrogens is 2. The van der Waals surface area contributed by atoms with Crippen LogP contribution in [0.25, 0.3) is 0 Å². The Morgan fingerprint density at radius 2 is 2.33 bits per heavy atom. The van der Waals surface area contributed by atoms with Crippen molar-refractivity contribution >= 4 is 5.91 Å². The summed E-state index contributed by atoms with van der Waals surface area (Å²) in [7, 11) is 1.89. The zero-order valence-electron chi connectivity index (χ0n) is 11.4. The molecule has 1 saturated carbocycles. The molecule has 5 nitrogen and oxygen atoms in total. The minimum atomic E-state index is 0.165. The molecule has 0 atom stereocenters. The molecule has 1 aliphatic carbocycles. The SMILES string of the molecule is CC(C)NCc1cn(CC(=O)N(C)C2CC2)cn1. The number of carbonyl (C=O) groups is 1. The van der Waals surface area contributed by atoms with Gasteiger partial charge in [-0.05, 0) is 12.8 Å². The highest BCUT2D eigenvalue weighted by Gasteiger charge is 2.29. The third-order valence-electron chi connectivity index (χ3n) is 3.18. The van der Waals surface area contributed by atoms with Gasteiger partial charge in [0.15, 0.2) is 0 Å². The lowest BCUT2D eigenvalue weighted by Crippen LogP contribution is -2.31. The van der Waals surface area contributed by atoms with Crippen LogP contribution in [-0.2, 0) is 17.9 Å². The van der Waals surface area contributed by atoms with Gasteiger partial charge in [0, 0.05) is 31.9 Å². The Hall–Kier alpha value is -1.36. The summed E-state index contributed by atoms with van der Waals surface area (Å²) in [5, 5.41) is 3.31. The predicted octanol–water partition coefficient (Wildman–Crippen LogP) is 1.00. The van der Waals surface area contributed by atoms with Gasteiger partial charge in [-0.3, -0.25) is 4.79 Å². The largest absolute Gasteiger partial charge is 0.341 e. The Kier molecular flexibility index (Phi) is 4.01. The second-order valence-electron chi connectivity index (χ2n) is 5.31. The van der Waals surface area contributed by atoms with E-state index in [4.69, 9.17) is 0 Å². The molecule has 100 valence electrons. The average molecular weight is 250 g/mol. The molecule has 0 spiro atoms. The predicted molar refractivity (Wildman–Crippen MR) is 70.0 cm³/mol. The standard InChI is InChI=1S/C13H22N4O/c1-10(2)14-6-11-7-17(9-15-11)8-13(18)16(3)12-4-5-12/h7,9-10,12,14H,4-6,8H2,1-3H3. The maximum Gasteiger partial charge on any atom is 0.242 e. The third kappa shape index (κ3) is 3.57.